The highest BCUT2D eigenvalue weighted by Gasteiger charge is 2.46. The molecule has 20 heavy (non-hydrogen) atoms. The van der Waals surface area contributed by atoms with E-state index in [1.54, 1.807) is 0 Å². The molecule has 3 fully saturated rings. The fraction of sp³-hybridized carbons (Fsp3) is 0.867. The Bertz CT molecular complexity index is 389. The molecule has 1 N–H and O–H groups in total. The predicted molar refractivity (Wildman–Crippen MR) is 76.2 cm³/mol. The number of nitrogens with one attached hydrogen (secondary N) is 1. The van der Waals surface area contributed by atoms with Crippen LogP contribution in [0.25, 0.3) is 0 Å². The molecule has 0 aromatic carbocycles. The van der Waals surface area contributed by atoms with Crippen molar-refractivity contribution in [2.45, 2.75) is 63.6 Å². The Morgan fingerprint density at radius 2 is 1.90 bits per heavy atom. The minimum atomic E-state index is -0.289. The summed E-state index contributed by atoms with van der Waals surface area (Å²) >= 11 is 0. The molecule has 2 heterocycles. The Labute approximate surface area is 120 Å². The molecule has 0 aromatic heterocycles. The van der Waals surface area contributed by atoms with Crippen molar-refractivity contribution < 1.29 is 9.59 Å². The van der Waals surface area contributed by atoms with Gasteiger partial charge in [0.05, 0.1) is 12.5 Å². The third-order valence-corrected chi connectivity index (χ3v) is 4.56. The van der Waals surface area contributed by atoms with Crippen molar-refractivity contribution >= 4 is 11.8 Å². The number of imide groups is 1. The van der Waals surface area contributed by atoms with E-state index in [1.165, 1.54) is 24.2 Å². The average Bonchev–Trinajstić information content (AvgIpc) is 3.19. The minimum absolute atomic E-state index is 0.00277. The third-order valence-electron chi connectivity index (χ3n) is 4.56. The number of hydrogen-bond donors (Lipinski definition) is 1. The number of piperidine rings is 1. The fourth-order valence-electron chi connectivity index (χ4n) is 3.42. The Hall–Kier alpha value is -0.940. The Balaban J connectivity index is 1.49. The molecule has 5 heteroatoms. The van der Waals surface area contributed by atoms with Gasteiger partial charge in [-0.25, -0.2) is 0 Å². The summed E-state index contributed by atoms with van der Waals surface area (Å²) in [5.41, 5.74) is 0. The summed E-state index contributed by atoms with van der Waals surface area (Å²) in [4.78, 5) is 28.1. The lowest BCUT2D eigenvalue weighted by molar-refractivity contribution is -0.139. The molecule has 3 rings (SSSR count). The van der Waals surface area contributed by atoms with Crippen LogP contribution in [-0.4, -0.2) is 59.4 Å². The smallest absolute Gasteiger partial charge is 0.247 e. The highest BCUT2D eigenvalue weighted by molar-refractivity contribution is 6.06. The molecule has 2 aliphatic heterocycles. The van der Waals surface area contributed by atoms with Gasteiger partial charge in [0, 0.05) is 18.6 Å². The summed E-state index contributed by atoms with van der Waals surface area (Å²) in [5, 5.41) is 3.37. The monoisotopic (exact) mass is 279 g/mol. The summed E-state index contributed by atoms with van der Waals surface area (Å²) in [5.74, 6) is 0.0168. The van der Waals surface area contributed by atoms with Crippen LogP contribution in [0.4, 0.5) is 0 Å². The molecule has 1 aliphatic carbocycles. The molecule has 0 aromatic rings. The normalized spacial score (nSPS) is 30.1. The van der Waals surface area contributed by atoms with Crippen LogP contribution in [0.1, 0.15) is 45.4 Å². The van der Waals surface area contributed by atoms with Crippen molar-refractivity contribution in [1.29, 1.82) is 0 Å². The molecule has 0 spiro atoms. The van der Waals surface area contributed by atoms with Gasteiger partial charge >= 0.3 is 0 Å². The molecule has 3 aliphatic rings. The van der Waals surface area contributed by atoms with Crippen molar-refractivity contribution in [2.24, 2.45) is 0 Å². The molecular weight excluding hydrogens is 254 g/mol. The SMILES string of the molecule is CC(CN1CCCCC1)NC1CC(=O)N(C2CC2)C1=O. The van der Waals surface area contributed by atoms with E-state index in [0.29, 0.717) is 6.42 Å². The lowest BCUT2D eigenvalue weighted by atomic mass is 10.1. The zero-order valence-corrected chi connectivity index (χ0v) is 12.3. The molecule has 0 radical (unpaired) electrons. The number of carbonyl (C=O) groups is 2. The second kappa shape index (κ2) is 5.82. The fourth-order valence-corrected chi connectivity index (χ4v) is 3.42. The van der Waals surface area contributed by atoms with Gasteiger partial charge in [0.15, 0.2) is 0 Å². The number of amides is 2. The van der Waals surface area contributed by atoms with Crippen molar-refractivity contribution in [1.82, 2.24) is 15.1 Å². The molecule has 2 saturated heterocycles. The molecule has 2 unspecified atom stereocenters. The van der Waals surface area contributed by atoms with Gasteiger partial charge < -0.3 is 10.2 Å². The quantitative estimate of drug-likeness (QED) is 0.754. The number of hydrogen-bond acceptors (Lipinski definition) is 4. The van der Waals surface area contributed by atoms with E-state index in [1.807, 2.05) is 0 Å². The zero-order valence-electron chi connectivity index (χ0n) is 12.3. The van der Waals surface area contributed by atoms with E-state index >= 15 is 0 Å². The van der Waals surface area contributed by atoms with E-state index in [2.05, 4.69) is 17.1 Å². The van der Waals surface area contributed by atoms with Crippen molar-refractivity contribution in [2.75, 3.05) is 19.6 Å². The summed E-state index contributed by atoms with van der Waals surface area (Å²) < 4.78 is 0. The molecule has 1 saturated carbocycles. The molecular formula is C15H25N3O2. The summed E-state index contributed by atoms with van der Waals surface area (Å²) in [7, 11) is 0. The highest BCUT2D eigenvalue weighted by Crippen LogP contribution is 2.31. The first-order valence-electron chi connectivity index (χ1n) is 7.99. The number of rotatable bonds is 5. The van der Waals surface area contributed by atoms with Gasteiger partial charge in [-0.3, -0.25) is 14.5 Å². The van der Waals surface area contributed by atoms with Crippen LogP contribution in [0, 0.1) is 0 Å². The first kappa shape index (κ1) is 14.0. The van der Waals surface area contributed by atoms with E-state index in [4.69, 9.17) is 0 Å². The van der Waals surface area contributed by atoms with Crippen molar-refractivity contribution in [3.05, 3.63) is 0 Å². The van der Waals surface area contributed by atoms with E-state index in [0.717, 1.165) is 32.5 Å². The van der Waals surface area contributed by atoms with Crippen LogP contribution in [0.15, 0.2) is 0 Å². The number of carbonyl (C=O) groups excluding carboxylic acids is 2. The molecule has 5 nitrogen and oxygen atoms in total. The lowest BCUT2D eigenvalue weighted by Gasteiger charge is -2.30. The maximum atomic E-state index is 12.3. The van der Waals surface area contributed by atoms with Gasteiger partial charge in [0.2, 0.25) is 11.8 Å². The molecule has 112 valence electrons. The maximum Gasteiger partial charge on any atom is 0.247 e. The predicted octanol–water partition coefficient (Wildman–Crippen LogP) is 0.740. The average molecular weight is 279 g/mol. The van der Waals surface area contributed by atoms with Gasteiger partial charge in [-0.1, -0.05) is 6.42 Å². The Kier molecular flexibility index (Phi) is 4.08. The van der Waals surface area contributed by atoms with Crippen LogP contribution >= 0.6 is 0 Å². The molecule has 2 amide bonds. The standard InChI is InChI=1S/C15H25N3O2/c1-11(10-17-7-3-2-4-8-17)16-13-9-14(19)18(15(13)20)12-5-6-12/h11-13,16H,2-10H2,1H3. The van der Waals surface area contributed by atoms with E-state index in [9.17, 15) is 9.59 Å². The Morgan fingerprint density at radius 1 is 1.20 bits per heavy atom. The second-order valence-electron chi connectivity index (χ2n) is 6.52. The van der Waals surface area contributed by atoms with Crippen molar-refractivity contribution in [3.63, 3.8) is 0 Å². The van der Waals surface area contributed by atoms with Gasteiger partial charge in [0.25, 0.3) is 0 Å². The number of nitrogens with zero attached hydrogens (tertiary/aromatic N) is 2. The summed E-state index contributed by atoms with van der Waals surface area (Å²) in [6.45, 7) is 5.42. The van der Waals surface area contributed by atoms with Crippen molar-refractivity contribution in [3.8, 4) is 0 Å². The van der Waals surface area contributed by atoms with Gasteiger partial charge in [0.1, 0.15) is 0 Å². The first-order chi connectivity index (χ1) is 9.65. The van der Waals surface area contributed by atoms with E-state index < -0.39 is 0 Å². The first-order valence-corrected chi connectivity index (χ1v) is 7.99. The van der Waals surface area contributed by atoms with Crippen LogP contribution in [0.3, 0.4) is 0 Å². The summed E-state index contributed by atoms with van der Waals surface area (Å²) in [6.07, 6.45) is 6.23. The highest BCUT2D eigenvalue weighted by atomic mass is 16.2. The van der Waals surface area contributed by atoms with Crippen LogP contribution in [-0.2, 0) is 9.59 Å². The maximum absolute atomic E-state index is 12.3. The topological polar surface area (TPSA) is 52.7 Å². The van der Waals surface area contributed by atoms with Crippen LogP contribution < -0.4 is 5.32 Å². The van der Waals surface area contributed by atoms with Gasteiger partial charge in [-0.05, 0) is 45.7 Å². The lowest BCUT2D eigenvalue weighted by Crippen LogP contribution is -2.48. The van der Waals surface area contributed by atoms with Crippen LogP contribution in [0.5, 0.6) is 0 Å². The van der Waals surface area contributed by atoms with E-state index in [-0.39, 0.29) is 29.9 Å². The molecule has 2 atom stereocenters. The van der Waals surface area contributed by atoms with Gasteiger partial charge in [-0.15, -0.1) is 0 Å². The molecule has 0 bridgehead atoms. The number of likely N-dealkylation sites (tertiary alicyclic amines) is 2. The second-order valence-corrected chi connectivity index (χ2v) is 6.52. The minimum Gasteiger partial charge on any atom is -0.302 e. The largest absolute Gasteiger partial charge is 0.302 e. The van der Waals surface area contributed by atoms with Gasteiger partial charge in [-0.2, -0.15) is 0 Å². The summed E-state index contributed by atoms with van der Waals surface area (Å²) in [6, 6.07) is 0.177. The Morgan fingerprint density at radius 3 is 2.55 bits per heavy atom. The zero-order chi connectivity index (χ0) is 14.1. The van der Waals surface area contributed by atoms with Crippen LogP contribution in [0.2, 0.25) is 0 Å². The third kappa shape index (κ3) is 3.04.